The number of aromatic hydroxyl groups is 2. The van der Waals surface area contributed by atoms with E-state index in [1.807, 2.05) is 26.4 Å². The number of benzene rings is 2. The molecule has 0 fully saturated rings. The number of aromatic nitrogens is 1. The molecule has 0 aliphatic carbocycles. The maximum atomic E-state index is 10.4. The maximum Gasteiger partial charge on any atom is 0.324 e. The molecule has 0 bridgehead atoms. The number of phenolic OH excluding ortho intramolecular Hbond substituents is 2. The molecule has 0 amide bonds. The van der Waals surface area contributed by atoms with E-state index in [1.54, 1.807) is 6.20 Å². The summed E-state index contributed by atoms with van der Waals surface area (Å²) in [6, 6.07) is 5.82. The number of pyridine rings is 1. The number of hydrogen-bond acceptors (Lipinski definition) is 16. The summed E-state index contributed by atoms with van der Waals surface area (Å²) in [4.78, 5) is 61.7. The van der Waals surface area contributed by atoms with Crippen molar-refractivity contribution in [2.45, 2.75) is 6.54 Å². The van der Waals surface area contributed by atoms with Gasteiger partial charge < -0.3 is 15.1 Å². The lowest BCUT2D eigenvalue weighted by molar-refractivity contribution is -0.404. The lowest BCUT2D eigenvalue weighted by Crippen LogP contribution is -2.10. The van der Waals surface area contributed by atoms with Gasteiger partial charge in [-0.05, 0) is 25.7 Å². The van der Waals surface area contributed by atoms with Crippen molar-refractivity contribution in [3.63, 3.8) is 0 Å². The van der Waals surface area contributed by atoms with Gasteiger partial charge in [-0.25, -0.2) is 0 Å². The number of rotatable bonds is 8. The molecule has 0 atom stereocenters. The molecule has 222 valence electrons. The number of non-ortho nitro benzene ring substituents is 2. The molecule has 1 heterocycles. The van der Waals surface area contributed by atoms with E-state index in [4.69, 9.17) is 10.2 Å². The average molecular weight is 594 g/mol. The van der Waals surface area contributed by atoms with Gasteiger partial charge in [-0.15, -0.1) is 0 Å². The third kappa shape index (κ3) is 9.38. The van der Waals surface area contributed by atoms with Crippen LogP contribution >= 0.6 is 0 Å². The third-order valence-corrected chi connectivity index (χ3v) is 4.54. The monoisotopic (exact) mass is 594 g/mol. The molecule has 2 aromatic carbocycles. The SMILES string of the molecule is CN(C)Cc1cccnc1.O=[N+]([O-])c1cc([N+](=O)[O-])c(O)c([N+](=O)[O-])c1.O=[N+]([O-])c1cc([N+](=O)[O-])c(O)c([N+](=O)[O-])c1. The Morgan fingerprint density at radius 1 is 0.643 bits per heavy atom. The molecule has 22 heteroatoms. The lowest BCUT2D eigenvalue weighted by Gasteiger charge is -2.07. The molecule has 0 aliphatic rings. The predicted octanol–water partition coefficient (Wildman–Crippen LogP) is 3.38. The first kappa shape index (κ1) is 33.6. The molecule has 42 heavy (non-hydrogen) atoms. The van der Waals surface area contributed by atoms with Crippen LogP contribution in [0.15, 0.2) is 48.8 Å². The second-order valence-corrected chi connectivity index (χ2v) is 7.81. The summed E-state index contributed by atoms with van der Waals surface area (Å²) in [6.45, 7) is 0.966. The van der Waals surface area contributed by atoms with E-state index in [9.17, 15) is 60.7 Å². The van der Waals surface area contributed by atoms with E-state index in [1.165, 1.54) is 5.56 Å². The Bertz CT molecular complexity index is 1370. The summed E-state index contributed by atoms with van der Waals surface area (Å²) in [5, 5.41) is 80.4. The summed E-state index contributed by atoms with van der Waals surface area (Å²) < 4.78 is 0. The summed E-state index contributed by atoms with van der Waals surface area (Å²) in [6.07, 6.45) is 3.68. The van der Waals surface area contributed by atoms with Crippen LogP contribution in [0.5, 0.6) is 11.5 Å². The summed E-state index contributed by atoms with van der Waals surface area (Å²) in [5.41, 5.74) is -4.75. The maximum absolute atomic E-state index is 10.4. The molecule has 1 aromatic heterocycles. The topological polar surface area (TPSA) is 315 Å². The van der Waals surface area contributed by atoms with Crippen LogP contribution in [-0.4, -0.2) is 63.7 Å². The van der Waals surface area contributed by atoms with Gasteiger partial charge in [0.05, 0.1) is 53.8 Å². The van der Waals surface area contributed by atoms with Gasteiger partial charge in [0, 0.05) is 18.9 Å². The Kier molecular flexibility index (Phi) is 11.7. The molecule has 0 unspecified atom stereocenters. The van der Waals surface area contributed by atoms with Crippen LogP contribution in [0.2, 0.25) is 0 Å². The van der Waals surface area contributed by atoms with Crippen molar-refractivity contribution in [2.24, 2.45) is 0 Å². The van der Waals surface area contributed by atoms with Crippen molar-refractivity contribution in [1.82, 2.24) is 9.88 Å². The first-order chi connectivity index (χ1) is 19.5. The summed E-state index contributed by atoms with van der Waals surface area (Å²) >= 11 is 0. The van der Waals surface area contributed by atoms with Crippen molar-refractivity contribution in [2.75, 3.05) is 14.1 Å². The van der Waals surface area contributed by atoms with E-state index in [-0.39, 0.29) is 0 Å². The molecule has 3 aromatic rings. The van der Waals surface area contributed by atoms with Gasteiger partial charge in [0.15, 0.2) is 0 Å². The van der Waals surface area contributed by atoms with Crippen molar-refractivity contribution < 1.29 is 39.8 Å². The quantitative estimate of drug-likeness (QED) is 0.279. The lowest BCUT2D eigenvalue weighted by atomic mass is 10.2. The predicted molar refractivity (Wildman–Crippen MR) is 138 cm³/mol. The minimum atomic E-state index is -1.21. The van der Waals surface area contributed by atoms with Crippen molar-refractivity contribution in [3.8, 4) is 11.5 Å². The Labute approximate surface area is 231 Å². The Balaban J connectivity index is 0.000000324. The third-order valence-electron chi connectivity index (χ3n) is 4.54. The zero-order valence-electron chi connectivity index (χ0n) is 21.2. The molecule has 0 aliphatic heterocycles. The van der Waals surface area contributed by atoms with Crippen molar-refractivity contribution in [1.29, 1.82) is 0 Å². The Morgan fingerprint density at radius 2 is 0.976 bits per heavy atom. The number of hydrogen-bond donors (Lipinski definition) is 2. The van der Waals surface area contributed by atoms with Crippen LogP contribution in [0.1, 0.15) is 5.56 Å². The fourth-order valence-electron chi connectivity index (χ4n) is 2.80. The van der Waals surface area contributed by atoms with Gasteiger partial charge in [0.2, 0.25) is 0 Å². The zero-order valence-corrected chi connectivity index (χ0v) is 21.2. The zero-order chi connectivity index (χ0) is 32.3. The highest BCUT2D eigenvalue weighted by molar-refractivity contribution is 5.65. The largest absolute Gasteiger partial charge is 0.497 e. The highest BCUT2D eigenvalue weighted by Gasteiger charge is 2.31. The molecule has 22 nitrogen and oxygen atoms in total. The fraction of sp³-hybridized carbons (Fsp3) is 0.150. The first-order valence-electron chi connectivity index (χ1n) is 10.6. The average Bonchev–Trinajstić information content (AvgIpc) is 2.89. The Hall–Kier alpha value is -6.45. The van der Waals surface area contributed by atoms with E-state index < -0.39 is 75.2 Å². The minimum absolute atomic E-state index is 0.447. The van der Waals surface area contributed by atoms with Crippen LogP contribution in [-0.2, 0) is 6.54 Å². The molecular formula is C20H18N8O14. The van der Waals surface area contributed by atoms with E-state index >= 15 is 0 Å². The summed E-state index contributed by atoms with van der Waals surface area (Å²) in [5.74, 6) is -2.42. The normalized spacial score (nSPS) is 9.88. The molecule has 0 saturated carbocycles. The second kappa shape index (κ2) is 14.6. The number of phenols is 2. The molecule has 0 radical (unpaired) electrons. The van der Waals surface area contributed by atoms with Crippen LogP contribution in [0.3, 0.4) is 0 Å². The van der Waals surface area contributed by atoms with Gasteiger partial charge in [0.1, 0.15) is 0 Å². The van der Waals surface area contributed by atoms with Gasteiger partial charge in [-0.3, -0.25) is 65.7 Å². The van der Waals surface area contributed by atoms with Crippen molar-refractivity contribution >= 4 is 34.1 Å². The fourth-order valence-corrected chi connectivity index (χ4v) is 2.80. The minimum Gasteiger partial charge on any atom is -0.497 e. The van der Waals surface area contributed by atoms with Crippen LogP contribution in [0, 0.1) is 60.7 Å². The molecule has 0 spiro atoms. The molecule has 2 N–H and O–H groups in total. The van der Waals surface area contributed by atoms with E-state index in [0.29, 0.717) is 24.3 Å². The van der Waals surface area contributed by atoms with Gasteiger partial charge in [-0.2, -0.15) is 0 Å². The molecule has 3 rings (SSSR count). The van der Waals surface area contributed by atoms with Gasteiger partial charge in [0.25, 0.3) is 22.9 Å². The smallest absolute Gasteiger partial charge is 0.324 e. The highest BCUT2D eigenvalue weighted by Crippen LogP contribution is 2.40. The van der Waals surface area contributed by atoms with Crippen LogP contribution in [0.4, 0.5) is 34.1 Å². The van der Waals surface area contributed by atoms with Crippen LogP contribution in [0.25, 0.3) is 0 Å². The standard InChI is InChI=1S/C8H12N2.2C6H3N3O7/c1-10(2)7-8-4-3-5-9-6-8;2*10-6-4(8(13)14)1-3(7(11)12)2-5(6)9(15)16/h3-6H,7H2,1-2H3;2*1-2,10H. The Morgan fingerprint density at radius 3 is 1.19 bits per heavy atom. The number of nitrogens with zero attached hydrogens (tertiary/aromatic N) is 8. The highest BCUT2D eigenvalue weighted by atomic mass is 16.7. The number of nitro benzene ring substituents is 6. The second-order valence-electron chi connectivity index (χ2n) is 7.81. The van der Waals surface area contributed by atoms with Crippen molar-refractivity contribution in [3.05, 3.63) is 115 Å². The molecule has 0 saturated heterocycles. The first-order valence-corrected chi connectivity index (χ1v) is 10.6. The van der Waals surface area contributed by atoms with Gasteiger partial charge >= 0.3 is 22.7 Å². The van der Waals surface area contributed by atoms with E-state index in [0.717, 1.165) is 6.54 Å². The number of nitro groups is 6. The summed E-state index contributed by atoms with van der Waals surface area (Å²) in [7, 11) is 4.10. The van der Waals surface area contributed by atoms with Crippen LogP contribution < -0.4 is 0 Å². The van der Waals surface area contributed by atoms with E-state index in [2.05, 4.69) is 16.0 Å². The molecular weight excluding hydrogens is 576 g/mol. The van der Waals surface area contributed by atoms with Gasteiger partial charge in [-0.1, -0.05) is 6.07 Å².